The lowest BCUT2D eigenvalue weighted by Gasteiger charge is -2.17. The summed E-state index contributed by atoms with van der Waals surface area (Å²) in [6.07, 6.45) is -0.0645. The fraction of sp³-hybridized carbons (Fsp3) is 0.909. The molecule has 0 aliphatic heterocycles. The van der Waals surface area contributed by atoms with Crippen LogP contribution in [0.1, 0.15) is 19.8 Å². The smallest absolute Gasteiger partial charge is 0.450 e. The second kappa shape index (κ2) is 11.6. The number of ether oxygens (including phenoxy) is 4. The molecule has 0 heterocycles. The van der Waals surface area contributed by atoms with Gasteiger partial charge in [0.25, 0.3) is 0 Å². The van der Waals surface area contributed by atoms with Gasteiger partial charge < -0.3 is 24.1 Å². The molecule has 0 aliphatic rings. The minimum atomic E-state index is -1.26. The van der Waals surface area contributed by atoms with Crippen LogP contribution in [-0.2, 0) is 18.9 Å². The molecule has 0 amide bonds. The predicted molar refractivity (Wildman–Crippen MR) is 61.3 cm³/mol. The molecule has 0 saturated heterocycles. The highest BCUT2D eigenvalue weighted by atomic mass is 16.7. The van der Waals surface area contributed by atoms with Crippen molar-refractivity contribution in [2.75, 3.05) is 40.1 Å². The zero-order valence-corrected chi connectivity index (χ0v) is 10.5. The fourth-order valence-corrected chi connectivity index (χ4v) is 1.25. The van der Waals surface area contributed by atoms with Gasteiger partial charge in [-0.05, 0) is 13.3 Å². The van der Waals surface area contributed by atoms with Crippen molar-refractivity contribution < 1.29 is 28.8 Å². The van der Waals surface area contributed by atoms with Crippen LogP contribution in [0.5, 0.6) is 0 Å². The van der Waals surface area contributed by atoms with Gasteiger partial charge in [-0.15, -0.1) is 0 Å². The number of methoxy groups -OCH3 is 1. The van der Waals surface area contributed by atoms with Gasteiger partial charge in [0.1, 0.15) is 0 Å². The third-order valence-corrected chi connectivity index (χ3v) is 2.09. The third-order valence-electron chi connectivity index (χ3n) is 2.09. The Kier molecular flexibility index (Phi) is 11.0. The highest BCUT2D eigenvalue weighted by Gasteiger charge is 2.10. The normalized spacial score (nSPS) is 12.4. The number of hydrogen-bond donors (Lipinski definition) is 1. The molecule has 0 aromatic rings. The minimum Gasteiger partial charge on any atom is -0.450 e. The summed E-state index contributed by atoms with van der Waals surface area (Å²) in [5.74, 6) is 0. The Hall–Kier alpha value is -0.850. The summed E-state index contributed by atoms with van der Waals surface area (Å²) in [4.78, 5) is 10.2. The van der Waals surface area contributed by atoms with E-state index in [2.05, 4.69) is 4.74 Å². The van der Waals surface area contributed by atoms with Gasteiger partial charge in [0.2, 0.25) is 0 Å². The summed E-state index contributed by atoms with van der Waals surface area (Å²) in [5, 5.41) is 8.35. The van der Waals surface area contributed by atoms with Crippen molar-refractivity contribution in [3.63, 3.8) is 0 Å². The summed E-state index contributed by atoms with van der Waals surface area (Å²) in [6.45, 7) is 4.33. The van der Waals surface area contributed by atoms with Gasteiger partial charge in [-0.1, -0.05) is 0 Å². The van der Waals surface area contributed by atoms with Crippen molar-refractivity contribution >= 4 is 6.16 Å². The van der Waals surface area contributed by atoms with E-state index >= 15 is 0 Å². The molecule has 1 atom stereocenters. The largest absolute Gasteiger partial charge is 0.505 e. The van der Waals surface area contributed by atoms with E-state index in [-0.39, 0.29) is 12.7 Å². The maximum atomic E-state index is 10.2. The maximum Gasteiger partial charge on any atom is 0.505 e. The van der Waals surface area contributed by atoms with Crippen LogP contribution < -0.4 is 0 Å². The van der Waals surface area contributed by atoms with Crippen LogP contribution in [0.15, 0.2) is 0 Å². The van der Waals surface area contributed by atoms with Gasteiger partial charge in [-0.25, -0.2) is 4.79 Å². The van der Waals surface area contributed by atoms with E-state index in [0.29, 0.717) is 32.8 Å². The predicted octanol–water partition coefficient (Wildman–Crippen LogP) is 1.53. The van der Waals surface area contributed by atoms with Crippen molar-refractivity contribution in [2.45, 2.75) is 25.9 Å². The molecular weight excluding hydrogens is 228 g/mol. The highest BCUT2D eigenvalue weighted by Crippen LogP contribution is 2.05. The van der Waals surface area contributed by atoms with Crippen LogP contribution in [-0.4, -0.2) is 57.5 Å². The summed E-state index contributed by atoms with van der Waals surface area (Å²) in [5.41, 5.74) is 0. The average molecular weight is 250 g/mol. The second-order valence-corrected chi connectivity index (χ2v) is 3.37. The van der Waals surface area contributed by atoms with E-state index in [1.165, 1.54) is 0 Å². The Morgan fingerprint density at radius 3 is 2.47 bits per heavy atom. The SMILES string of the molecule is CCOCCC(CCOC(=O)O)OCCOC. The first-order valence-electron chi connectivity index (χ1n) is 5.74. The lowest BCUT2D eigenvalue weighted by molar-refractivity contribution is -0.0156. The highest BCUT2D eigenvalue weighted by molar-refractivity contribution is 5.56. The molecular formula is C11H22O6. The van der Waals surface area contributed by atoms with Gasteiger partial charge in [-0.2, -0.15) is 0 Å². The molecule has 0 fully saturated rings. The summed E-state index contributed by atoms with van der Waals surface area (Å²) < 4.78 is 20.1. The third kappa shape index (κ3) is 11.4. The van der Waals surface area contributed by atoms with Crippen LogP contribution in [0.25, 0.3) is 0 Å². The van der Waals surface area contributed by atoms with Crippen molar-refractivity contribution in [2.24, 2.45) is 0 Å². The molecule has 0 saturated carbocycles. The van der Waals surface area contributed by atoms with E-state index < -0.39 is 6.16 Å². The Bertz CT molecular complexity index is 175. The summed E-state index contributed by atoms with van der Waals surface area (Å²) >= 11 is 0. The van der Waals surface area contributed by atoms with E-state index in [1.54, 1.807) is 7.11 Å². The van der Waals surface area contributed by atoms with Gasteiger partial charge in [0, 0.05) is 26.7 Å². The lowest BCUT2D eigenvalue weighted by Crippen LogP contribution is -2.21. The molecule has 0 aliphatic carbocycles. The fourth-order valence-electron chi connectivity index (χ4n) is 1.25. The zero-order valence-electron chi connectivity index (χ0n) is 10.5. The minimum absolute atomic E-state index is 0.0592. The van der Waals surface area contributed by atoms with Crippen LogP contribution in [0.3, 0.4) is 0 Å². The Labute approximate surface area is 102 Å². The first-order chi connectivity index (χ1) is 8.20. The Balaban J connectivity index is 3.71. The van der Waals surface area contributed by atoms with E-state index in [4.69, 9.17) is 19.3 Å². The number of carboxylic acid groups (broad SMARTS) is 1. The number of hydrogen-bond acceptors (Lipinski definition) is 5. The summed E-state index contributed by atoms with van der Waals surface area (Å²) in [7, 11) is 1.60. The molecule has 6 nitrogen and oxygen atoms in total. The molecule has 6 heteroatoms. The van der Waals surface area contributed by atoms with Gasteiger partial charge in [-0.3, -0.25) is 0 Å². The molecule has 0 radical (unpaired) electrons. The molecule has 0 spiro atoms. The topological polar surface area (TPSA) is 74.2 Å². The molecule has 1 N–H and O–H groups in total. The van der Waals surface area contributed by atoms with Crippen LogP contribution in [0, 0.1) is 0 Å². The van der Waals surface area contributed by atoms with E-state index in [9.17, 15) is 4.79 Å². The van der Waals surface area contributed by atoms with Crippen LogP contribution in [0.4, 0.5) is 4.79 Å². The quantitative estimate of drug-likeness (QED) is 0.443. The van der Waals surface area contributed by atoms with Crippen LogP contribution >= 0.6 is 0 Å². The second-order valence-electron chi connectivity index (χ2n) is 3.37. The standard InChI is InChI=1S/C11H22O6/c1-3-15-6-4-10(16-9-8-14-2)5-7-17-11(12)13/h10H,3-9H2,1-2H3,(H,12,13). The molecule has 0 aromatic heterocycles. The van der Waals surface area contributed by atoms with Crippen molar-refractivity contribution in [3.8, 4) is 0 Å². The molecule has 17 heavy (non-hydrogen) atoms. The number of rotatable bonds is 11. The van der Waals surface area contributed by atoms with E-state index in [1.807, 2.05) is 6.92 Å². The molecule has 0 aromatic carbocycles. The Morgan fingerprint density at radius 2 is 1.88 bits per heavy atom. The van der Waals surface area contributed by atoms with Gasteiger partial charge in [0.15, 0.2) is 0 Å². The van der Waals surface area contributed by atoms with Crippen molar-refractivity contribution in [1.29, 1.82) is 0 Å². The first kappa shape index (κ1) is 16.1. The van der Waals surface area contributed by atoms with Crippen molar-refractivity contribution in [3.05, 3.63) is 0 Å². The lowest BCUT2D eigenvalue weighted by atomic mass is 10.2. The number of carbonyl (C=O) groups is 1. The first-order valence-corrected chi connectivity index (χ1v) is 5.74. The molecule has 0 rings (SSSR count). The van der Waals surface area contributed by atoms with Gasteiger partial charge in [0.05, 0.1) is 25.9 Å². The molecule has 1 unspecified atom stereocenters. The van der Waals surface area contributed by atoms with Crippen molar-refractivity contribution in [1.82, 2.24) is 0 Å². The Morgan fingerprint density at radius 1 is 1.18 bits per heavy atom. The monoisotopic (exact) mass is 250 g/mol. The van der Waals surface area contributed by atoms with E-state index in [0.717, 1.165) is 6.42 Å². The van der Waals surface area contributed by atoms with Gasteiger partial charge >= 0.3 is 6.16 Å². The van der Waals surface area contributed by atoms with Crippen LogP contribution in [0.2, 0.25) is 0 Å². The maximum absolute atomic E-state index is 10.2. The molecule has 0 bridgehead atoms. The average Bonchev–Trinajstić information content (AvgIpc) is 2.28. The summed E-state index contributed by atoms with van der Waals surface area (Å²) in [6, 6.07) is 0. The molecule has 102 valence electrons. The zero-order chi connectivity index (χ0) is 12.9.